The van der Waals surface area contributed by atoms with Crippen LogP contribution in [0, 0.1) is 12.3 Å². The molecule has 2 saturated heterocycles. The van der Waals surface area contributed by atoms with E-state index in [2.05, 4.69) is 10.8 Å². The van der Waals surface area contributed by atoms with Gasteiger partial charge in [-0.1, -0.05) is 5.92 Å². The Bertz CT molecular complexity index is 269. The first-order valence-electron chi connectivity index (χ1n) is 4.68. The average molecular weight is 178 g/mol. The molecule has 2 bridgehead atoms. The normalized spacial score (nSPS) is 33.5. The van der Waals surface area contributed by atoms with E-state index in [0.29, 0.717) is 12.6 Å². The first-order chi connectivity index (χ1) is 6.24. The van der Waals surface area contributed by atoms with Gasteiger partial charge in [-0.25, -0.2) is 0 Å². The van der Waals surface area contributed by atoms with E-state index in [9.17, 15) is 4.79 Å². The summed E-state index contributed by atoms with van der Waals surface area (Å²) in [6, 6.07) is 0.642. The largest absolute Gasteiger partial charge is 0.329 e. The molecule has 3 heteroatoms. The number of terminal acetylenes is 1. The molecule has 2 aliphatic rings. The number of hydrogen-bond donors (Lipinski definition) is 0. The maximum atomic E-state index is 11.8. The van der Waals surface area contributed by atoms with E-state index in [1.807, 2.05) is 11.9 Å². The lowest BCUT2D eigenvalue weighted by molar-refractivity contribution is -0.139. The predicted molar refractivity (Wildman–Crippen MR) is 50.0 cm³/mol. The molecule has 2 aliphatic heterocycles. The Kier molecular flexibility index (Phi) is 2.01. The second kappa shape index (κ2) is 3.04. The molecule has 0 spiro atoms. The minimum atomic E-state index is 0.104. The van der Waals surface area contributed by atoms with Crippen LogP contribution in [0.3, 0.4) is 0 Å². The van der Waals surface area contributed by atoms with Gasteiger partial charge in [0.15, 0.2) is 0 Å². The highest BCUT2D eigenvalue weighted by molar-refractivity contribution is 5.83. The molecule has 2 atom stereocenters. The molecular formula is C10H14N2O. The van der Waals surface area contributed by atoms with Crippen LogP contribution in [0.5, 0.6) is 0 Å². The van der Waals surface area contributed by atoms with Crippen molar-refractivity contribution in [2.24, 2.45) is 0 Å². The molecule has 0 aromatic rings. The highest BCUT2D eigenvalue weighted by atomic mass is 16.2. The van der Waals surface area contributed by atoms with Gasteiger partial charge >= 0.3 is 0 Å². The molecule has 0 radical (unpaired) electrons. The molecule has 0 aliphatic carbocycles. The molecule has 2 rings (SSSR count). The smallest absolute Gasteiger partial charge is 0.240 e. The number of nitrogens with zero attached hydrogens (tertiary/aromatic N) is 2. The van der Waals surface area contributed by atoms with Crippen LogP contribution in [0.1, 0.15) is 12.8 Å². The summed E-state index contributed by atoms with van der Waals surface area (Å²) < 4.78 is 0. The van der Waals surface area contributed by atoms with Crippen LogP contribution in [0.2, 0.25) is 0 Å². The zero-order chi connectivity index (χ0) is 9.42. The highest BCUT2D eigenvalue weighted by Crippen LogP contribution is 2.28. The second-order valence-corrected chi connectivity index (χ2v) is 3.84. The zero-order valence-corrected chi connectivity index (χ0v) is 7.86. The van der Waals surface area contributed by atoms with Gasteiger partial charge in [0.05, 0.1) is 12.6 Å². The molecule has 0 saturated carbocycles. The average Bonchev–Trinajstić information content (AvgIpc) is 2.36. The van der Waals surface area contributed by atoms with Crippen LogP contribution < -0.4 is 0 Å². The summed E-state index contributed by atoms with van der Waals surface area (Å²) in [5.41, 5.74) is 0. The second-order valence-electron chi connectivity index (χ2n) is 3.84. The number of piperazine rings is 1. The predicted octanol–water partition coefficient (Wildman–Crippen LogP) is -0.0754. The van der Waals surface area contributed by atoms with Crippen molar-refractivity contribution < 1.29 is 4.79 Å². The molecule has 2 heterocycles. The van der Waals surface area contributed by atoms with Gasteiger partial charge < -0.3 is 4.90 Å². The molecule has 0 N–H and O–H groups in total. The first-order valence-corrected chi connectivity index (χ1v) is 4.68. The fraction of sp³-hybridized carbons (Fsp3) is 0.700. The van der Waals surface area contributed by atoms with Gasteiger partial charge in [-0.2, -0.15) is 0 Å². The molecule has 13 heavy (non-hydrogen) atoms. The first kappa shape index (κ1) is 8.58. The fourth-order valence-electron chi connectivity index (χ4n) is 2.34. The number of carbonyl (C=O) groups is 1. The molecule has 70 valence electrons. The standard InChI is InChI=1S/C10H14N2O/c1-3-6-12-7-8-4-5-9(10(12)13)11(8)2/h1,8-9H,4-7H2,2H3. The number of carbonyl (C=O) groups excluding carboxylic acids is 1. The topological polar surface area (TPSA) is 23.6 Å². The van der Waals surface area contributed by atoms with Crippen LogP contribution in [-0.4, -0.2) is 47.9 Å². The van der Waals surface area contributed by atoms with Crippen LogP contribution in [-0.2, 0) is 4.79 Å². The van der Waals surface area contributed by atoms with Gasteiger partial charge in [-0.05, 0) is 19.9 Å². The van der Waals surface area contributed by atoms with E-state index >= 15 is 0 Å². The van der Waals surface area contributed by atoms with Crippen molar-refractivity contribution in [1.29, 1.82) is 0 Å². The van der Waals surface area contributed by atoms with Crippen molar-refractivity contribution in [3.8, 4) is 12.3 Å². The maximum Gasteiger partial charge on any atom is 0.240 e. The quantitative estimate of drug-likeness (QED) is 0.524. The summed E-state index contributed by atoms with van der Waals surface area (Å²) >= 11 is 0. The molecule has 0 aromatic heterocycles. The Morgan fingerprint density at radius 1 is 1.62 bits per heavy atom. The summed E-state index contributed by atoms with van der Waals surface area (Å²) in [5.74, 6) is 2.75. The van der Waals surface area contributed by atoms with Crippen LogP contribution in [0.25, 0.3) is 0 Å². The maximum absolute atomic E-state index is 11.8. The molecule has 0 aromatic carbocycles. The van der Waals surface area contributed by atoms with Gasteiger partial charge in [-0.3, -0.25) is 9.69 Å². The molecule has 2 unspecified atom stereocenters. The summed E-state index contributed by atoms with van der Waals surface area (Å²) in [4.78, 5) is 15.8. The SMILES string of the molecule is C#CCN1CC2CCC(C1=O)N2C. The van der Waals surface area contributed by atoms with Crippen LogP contribution >= 0.6 is 0 Å². The van der Waals surface area contributed by atoms with Crippen molar-refractivity contribution in [2.75, 3.05) is 20.1 Å². The third kappa shape index (κ3) is 1.22. The van der Waals surface area contributed by atoms with Crippen molar-refractivity contribution in [3.63, 3.8) is 0 Å². The van der Waals surface area contributed by atoms with Crippen molar-refractivity contribution >= 4 is 5.91 Å². The minimum absolute atomic E-state index is 0.104. The fourth-order valence-corrected chi connectivity index (χ4v) is 2.34. The lowest BCUT2D eigenvalue weighted by Crippen LogP contribution is -2.55. The van der Waals surface area contributed by atoms with Gasteiger partial charge in [0.2, 0.25) is 5.91 Å². The van der Waals surface area contributed by atoms with E-state index in [1.54, 1.807) is 0 Å². The summed E-state index contributed by atoms with van der Waals surface area (Å²) in [6.07, 6.45) is 7.34. The minimum Gasteiger partial charge on any atom is -0.329 e. The lowest BCUT2D eigenvalue weighted by Gasteiger charge is -2.37. The number of amides is 1. The number of hydrogen-bond acceptors (Lipinski definition) is 2. The van der Waals surface area contributed by atoms with Gasteiger partial charge in [0, 0.05) is 12.6 Å². The van der Waals surface area contributed by atoms with Gasteiger partial charge in [-0.15, -0.1) is 6.42 Å². The van der Waals surface area contributed by atoms with E-state index in [0.717, 1.165) is 19.4 Å². The Balaban J connectivity index is 2.14. The third-order valence-electron chi connectivity index (χ3n) is 3.15. The molecule has 1 amide bonds. The summed E-state index contributed by atoms with van der Waals surface area (Å²) in [7, 11) is 2.04. The number of likely N-dealkylation sites (tertiary alicyclic amines) is 1. The summed E-state index contributed by atoms with van der Waals surface area (Å²) in [6.45, 7) is 1.29. The molecule has 3 nitrogen and oxygen atoms in total. The summed E-state index contributed by atoms with van der Waals surface area (Å²) in [5, 5.41) is 0. The van der Waals surface area contributed by atoms with E-state index in [-0.39, 0.29) is 11.9 Å². The number of likely N-dealkylation sites (N-methyl/N-ethyl adjacent to an activating group) is 1. The van der Waals surface area contributed by atoms with Crippen molar-refractivity contribution in [2.45, 2.75) is 24.9 Å². The van der Waals surface area contributed by atoms with Crippen molar-refractivity contribution in [3.05, 3.63) is 0 Å². The Morgan fingerprint density at radius 3 is 3.08 bits per heavy atom. The Morgan fingerprint density at radius 2 is 2.38 bits per heavy atom. The highest BCUT2D eigenvalue weighted by Gasteiger charge is 2.42. The zero-order valence-electron chi connectivity index (χ0n) is 7.86. The van der Waals surface area contributed by atoms with Crippen LogP contribution in [0.4, 0.5) is 0 Å². The monoisotopic (exact) mass is 178 g/mol. The Hall–Kier alpha value is -1.01. The van der Waals surface area contributed by atoms with Crippen LogP contribution in [0.15, 0.2) is 0 Å². The van der Waals surface area contributed by atoms with Crippen molar-refractivity contribution in [1.82, 2.24) is 9.80 Å². The third-order valence-corrected chi connectivity index (χ3v) is 3.15. The van der Waals surface area contributed by atoms with Gasteiger partial charge in [0.1, 0.15) is 0 Å². The van der Waals surface area contributed by atoms with E-state index in [4.69, 9.17) is 6.42 Å². The van der Waals surface area contributed by atoms with Gasteiger partial charge in [0.25, 0.3) is 0 Å². The number of fused-ring (bicyclic) bond motifs is 2. The van der Waals surface area contributed by atoms with E-state index < -0.39 is 0 Å². The molecule has 2 fully saturated rings. The number of rotatable bonds is 1. The molecular weight excluding hydrogens is 164 g/mol. The Labute approximate surface area is 78.7 Å². The van der Waals surface area contributed by atoms with E-state index in [1.165, 1.54) is 0 Å². The lowest BCUT2D eigenvalue weighted by atomic mass is 10.2.